The van der Waals surface area contributed by atoms with Crippen LogP contribution >= 0.6 is 11.6 Å². The number of benzene rings is 2. The van der Waals surface area contributed by atoms with Crippen molar-refractivity contribution in [2.75, 3.05) is 11.9 Å². The monoisotopic (exact) mass is 415 g/mol. The van der Waals surface area contributed by atoms with Gasteiger partial charge in [0.25, 0.3) is 5.91 Å². The van der Waals surface area contributed by atoms with Crippen molar-refractivity contribution in [2.24, 2.45) is 0 Å². The van der Waals surface area contributed by atoms with E-state index in [0.29, 0.717) is 18.4 Å². The van der Waals surface area contributed by atoms with Crippen LogP contribution in [0.15, 0.2) is 42.5 Å². The minimum atomic E-state index is -4.59. The Kier molecular flexibility index (Phi) is 6.90. The highest BCUT2D eigenvalue weighted by atomic mass is 35.5. The molecule has 2 aromatic rings. The van der Waals surface area contributed by atoms with E-state index in [9.17, 15) is 22.8 Å². The molecule has 5 nitrogen and oxygen atoms in total. The van der Waals surface area contributed by atoms with E-state index < -0.39 is 29.7 Å². The lowest BCUT2D eigenvalue weighted by Crippen LogP contribution is -2.30. The normalized spacial score (nSPS) is 12.2. The molecule has 2 aromatic carbocycles. The Hall–Kier alpha value is -2.74. The highest BCUT2D eigenvalue weighted by Gasteiger charge is 2.31. The summed E-state index contributed by atoms with van der Waals surface area (Å²) in [6, 6.07) is 8.86. The van der Waals surface area contributed by atoms with Crippen LogP contribution in [0.4, 0.5) is 18.9 Å². The van der Waals surface area contributed by atoms with Gasteiger partial charge in [-0.1, -0.05) is 23.7 Å². The molecule has 28 heavy (non-hydrogen) atoms. The van der Waals surface area contributed by atoms with Crippen molar-refractivity contribution >= 4 is 29.2 Å². The maximum atomic E-state index is 12.8. The molecule has 2 rings (SSSR count). The molecule has 0 saturated carbocycles. The molecule has 1 N–H and O–H groups in total. The maximum Gasteiger partial charge on any atom is 0.416 e. The van der Waals surface area contributed by atoms with Gasteiger partial charge >= 0.3 is 12.1 Å². The van der Waals surface area contributed by atoms with Crippen molar-refractivity contribution in [1.29, 1.82) is 0 Å². The van der Waals surface area contributed by atoms with Gasteiger partial charge in [0, 0.05) is 0 Å². The number of nitrogens with one attached hydrogen (secondary N) is 1. The van der Waals surface area contributed by atoms with Crippen molar-refractivity contribution in [3.05, 3.63) is 58.6 Å². The topological polar surface area (TPSA) is 64.6 Å². The third-order valence-electron chi connectivity index (χ3n) is 3.61. The Balaban J connectivity index is 2.11. The second kappa shape index (κ2) is 8.97. The first-order chi connectivity index (χ1) is 13.1. The molecule has 0 aliphatic carbocycles. The number of esters is 1. The lowest BCUT2D eigenvalue weighted by molar-refractivity contribution is -0.137. The fourth-order valence-electron chi connectivity index (χ4n) is 2.23. The molecule has 0 heterocycles. The largest absolute Gasteiger partial charge is 0.493 e. The summed E-state index contributed by atoms with van der Waals surface area (Å²) in [5.74, 6) is -1.34. The molecule has 0 aliphatic rings. The van der Waals surface area contributed by atoms with Crippen LogP contribution in [-0.4, -0.2) is 24.6 Å². The first-order valence-electron chi connectivity index (χ1n) is 8.24. The van der Waals surface area contributed by atoms with Gasteiger partial charge in [0.05, 0.1) is 22.9 Å². The second-order valence-electron chi connectivity index (χ2n) is 5.66. The fraction of sp³-hybridized carbons (Fsp3) is 0.263. The molecule has 0 bridgehead atoms. The molecule has 0 fully saturated rings. The molecule has 0 unspecified atom stereocenters. The first kappa shape index (κ1) is 21.6. The Morgan fingerprint density at radius 1 is 1.18 bits per heavy atom. The van der Waals surface area contributed by atoms with Crippen molar-refractivity contribution in [2.45, 2.75) is 26.1 Å². The summed E-state index contributed by atoms with van der Waals surface area (Å²) in [6.45, 7) is 3.36. The number of hydrogen-bond acceptors (Lipinski definition) is 4. The lowest BCUT2D eigenvalue weighted by atomic mass is 10.2. The standard InChI is InChI=1S/C19H17ClF3NO4/c1-3-27-16-7-5-4-6-13(16)18(26)28-11(2)17(25)24-15-10-12(19(21,22)23)8-9-14(15)20/h4-11H,3H2,1-2H3,(H,24,25)/t11-/m1/s1. The number of anilines is 1. The predicted octanol–water partition coefficient (Wildman–Crippen LogP) is 4.94. The Morgan fingerprint density at radius 2 is 1.86 bits per heavy atom. The third-order valence-corrected chi connectivity index (χ3v) is 3.94. The fourth-order valence-corrected chi connectivity index (χ4v) is 2.39. The van der Waals surface area contributed by atoms with Crippen molar-refractivity contribution in [3.8, 4) is 5.75 Å². The average molecular weight is 416 g/mol. The van der Waals surface area contributed by atoms with Gasteiger partial charge in [0.2, 0.25) is 0 Å². The second-order valence-corrected chi connectivity index (χ2v) is 6.07. The molecule has 1 amide bonds. The summed E-state index contributed by atoms with van der Waals surface area (Å²) in [5, 5.41) is 2.16. The summed E-state index contributed by atoms with van der Waals surface area (Å²) in [7, 11) is 0. The molecule has 0 saturated heterocycles. The van der Waals surface area contributed by atoms with Gasteiger partial charge in [-0.2, -0.15) is 13.2 Å². The number of halogens is 4. The zero-order chi connectivity index (χ0) is 20.9. The maximum absolute atomic E-state index is 12.8. The van der Waals surface area contributed by atoms with Crippen LogP contribution in [0.1, 0.15) is 29.8 Å². The van der Waals surface area contributed by atoms with Gasteiger partial charge in [-0.3, -0.25) is 4.79 Å². The van der Waals surface area contributed by atoms with Crippen LogP contribution in [0.3, 0.4) is 0 Å². The predicted molar refractivity (Wildman–Crippen MR) is 97.6 cm³/mol. The number of carbonyl (C=O) groups is 2. The minimum absolute atomic E-state index is 0.0819. The smallest absolute Gasteiger partial charge is 0.416 e. The highest BCUT2D eigenvalue weighted by molar-refractivity contribution is 6.33. The summed E-state index contributed by atoms with van der Waals surface area (Å²) < 4.78 is 48.9. The van der Waals surface area contributed by atoms with Crippen LogP contribution in [0.2, 0.25) is 5.02 Å². The molecule has 9 heteroatoms. The van der Waals surface area contributed by atoms with Crippen molar-refractivity contribution < 1.29 is 32.2 Å². The number of hydrogen-bond donors (Lipinski definition) is 1. The van der Waals surface area contributed by atoms with Gasteiger partial charge in [-0.05, 0) is 44.2 Å². The van der Waals surface area contributed by atoms with E-state index in [1.54, 1.807) is 25.1 Å². The molecule has 0 spiro atoms. The summed E-state index contributed by atoms with van der Waals surface area (Å²) in [5.41, 5.74) is -1.08. The van der Waals surface area contributed by atoms with Gasteiger partial charge < -0.3 is 14.8 Å². The number of para-hydroxylation sites is 1. The van der Waals surface area contributed by atoms with Crippen molar-refractivity contribution in [1.82, 2.24) is 0 Å². The zero-order valence-corrected chi connectivity index (χ0v) is 15.7. The zero-order valence-electron chi connectivity index (χ0n) is 15.0. The molecule has 1 atom stereocenters. The van der Waals surface area contributed by atoms with Crippen LogP contribution in [0, 0.1) is 0 Å². The number of ether oxygens (including phenoxy) is 2. The van der Waals surface area contributed by atoms with E-state index in [1.807, 2.05) is 0 Å². The summed E-state index contributed by atoms with van der Waals surface area (Å²) >= 11 is 5.85. The van der Waals surface area contributed by atoms with Gasteiger partial charge in [0.15, 0.2) is 6.10 Å². The van der Waals surface area contributed by atoms with E-state index in [2.05, 4.69) is 5.32 Å². The average Bonchev–Trinajstić information content (AvgIpc) is 2.63. The molecular weight excluding hydrogens is 399 g/mol. The van der Waals surface area contributed by atoms with Crippen LogP contribution in [-0.2, 0) is 15.7 Å². The van der Waals surface area contributed by atoms with E-state index in [1.165, 1.54) is 13.0 Å². The van der Waals surface area contributed by atoms with E-state index >= 15 is 0 Å². The van der Waals surface area contributed by atoms with E-state index in [-0.39, 0.29) is 16.3 Å². The van der Waals surface area contributed by atoms with Gasteiger partial charge in [-0.15, -0.1) is 0 Å². The first-order valence-corrected chi connectivity index (χ1v) is 8.61. The number of carbonyl (C=O) groups excluding carboxylic acids is 2. The Labute approximate surface area is 164 Å². The summed E-state index contributed by atoms with van der Waals surface area (Å²) in [6.07, 6.45) is -5.88. The molecule has 0 aromatic heterocycles. The Bertz CT molecular complexity index is 870. The number of rotatable bonds is 6. The van der Waals surface area contributed by atoms with E-state index in [0.717, 1.165) is 12.1 Å². The quantitative estimate of drug-likeness (QED) is 0.678. The Morgan fingerprint density at radius 3 is 2.50 bits per heavy atom. The number of alkyl halides is 3. The van der Waals surface area contributed by atoms with Crippen LogP contribution in [0.25, 0.3) is 0 Å². The third kappa shape index (κ3) is 5.39. The van der Waals surface area contributed by atoms with Gasteiger partial charge in [0.1, 0.15) is 11.3 Å². The van der Waals surface area contributed by atoms with Crippen LogP contribution in [0.5, 0.6) is 5.75 Å². The highest BCUT2D eigenvalue weighted by Crippen LogP contribution is 2.34. The molecule has 0 aliphatic heterocycles. The number of amides is 1. The molecular formula is C19H17ClF3NO4. The molecule has 150 valence electrons. The summed E-state index contributed by atoms with van der Waals surface area (Å²) in [4.78, 5) is 24.5. The van der Waals surface area contributed by atoms with E-state index in [4.69, 9.17) is 21.1 Å². The van der Waals surface area contributed by atoms with Gasteiger partial charge in [-0.25, -0.2) is 4.79 Å². The van der Waals surface area contributed by atoms with Crippen molar-refractivity contribution in [3.63, 3.8) is 0 Å². The minimum Gasteiger partial charge on any atom is -0.493 e. The van der Waals surface area contributed by atoms with Crippen LogP contribution < -0.4 is 10.1 Å². The lowest BCUT2D eigenvalue weighted by Gasteiger charge is -2.16. The SMILES string of the molecule is CCOc1ccccc1C(=O)O[C@H](C)C(=O)Nc1cc(C(F)(F)F)ccc1Cl. The molecule has 0 radical (unpaired) electrons.